The molecule has 0 saturated carbocycles. The zero-order chi connectivity index (χ0) is 17.7. The average Bonchev–Trinajstić information content (AvgIpc) is 2.96. The number of benzene rings is 1. The molecule has 1 aromatic carbocycles. The van der Waals surface area contributed by atoms with Crippen LogP contribution in [-0.4, -0.2) is 24.9 Å². The SMILES string of the molecule is Cc1ccsc1C(=O)NCCNC(=O)c1ccc(C(F)(F)F)cc1. The van der Waals surface area contributed by atoms with Gasteiger partial charge in [0.05, 0.1) is 10.4 Å². The highest BCUT2D eigenvalue weighted by Crippen LogP contribution is 2.29. The molecule has 2 N–H and O–H groups in total. The summed E-state index contributed by atoms with van der Waals surface area (Å²) in [7, 11) is 0. The van der Waals surface area contributed by atoms with Crippen LogP contribution in [0.3, 0.4) is 0 Å². The summed E-state index contributed by atoms with van der Waals surface area (Å²) in [4.78, 5) is 24.3. The maximum absolute atomic E-state index is 12.4. The highest BCUT2D eigenvalue weighted by molar-refractivity contribution is 7.12. The van der Waals surface area contributed by atoms with Gasteiger partial charge in [0.1, 0.15) is 0 Å². The Kier molecular flexibility index (Phi) is 5.61. The van der Waals surface area contributed by atoms with E-state index in [4.69, 9.17) is 0 Å². The molecule has 8 heteroatoms. The highest BCUT2D eigenvalue weighted by atomic mass is 32.1. The fraction of sp³-hybridized carbons (Fsp3) is 0.250. The van der Waals surface area contributed by atoms with E-state index < -0.39 is 17.6 Å². The first-order chi connectivity index (χ1) is 11.3. The van der Waals surface area contributed by atoms with Crippen molar-refractivity contribution in [2.45, 2.75) is 13.1 Å². The second kappa shape index (κ2) is 7.48. The standard InChI is InChI=1S/C16H15F3N2O2S/c1-10-6-9-24-13(10)15(23)21-8-7-20-14(22)11-2-4-12(5-3-11)16(17,18)19/h2-6,9H,7-8H2,1H3,(H,20,22)(H,21,23). The van der Waals surface area contributed by atoms with Crippen LogP contribution in [0.25, 0.3) is 0 Å². The molecule has 2 rings (SSSR count). The fourth-order valence-electron chi connectivity index (χ4n) is 1.95. The van der Waals surface area contributed by atoms with E-state index in [0.717, 1.165) is 29.8 Å². The predicted molar refractivity (Wildman–Crippen MR) is 85.2 cm³/mol. The minimum atomic E-state index is -4.43. The molecule has 24 heavy (non-hydrogen) atoms. The lowest BCUT2D eigenvalue weighted by Gasteiger charge is -2.09. The van der Waals surface area contributed by atoms with Crippen molar-refractivity contribution < 1.29 is 22.8 Å². The molecule has 0 unspecified atom stereocenters. The van der Waals surface area contributed by atoms with E-state index in [1.165, 1.54) is 11.3 Å². The molecule has 0 saturated heterocycles. The molecule has 2 amide bonds. The van der Waals surface area contributed by atoms with Crippen molar-refractivity contribution in [1.29, 1.82) is 0 Å². The second-order valence-electron chi connectivity index (χ2n) is 5.02. The van der Waals surface area contributed by atoms with Gasteiger partial charge >= 0.3 is 6.18 Å². The second-order valence-corrected chi connectivity index (χ2v) is 5.94. The number of thiophene rings is 1. The summed E-state index contributed by atoms with van der Waals surface area (Å²) in [6.45, 7) is 2.23. The molecular formula is C16H15F3N2O2S. The van der Waals surface area contributed by atoms with Crippen LogP contribution in [0, 0.1) is 6.92 Å². The Balaban J connectivity index is 1.79. The average molecular weight is 356 g/mol. The van der Waals surface area contributed by atoms with Gasteiger partial charge in [0.2, 0.25) is 0 Å². The summed E-state index contributed by atoms with van der Waals surface area (Å²) in [5.41, 5.74) is 0.201. The van der Waals surface area contributed by atoms with E-state index in [1.54, 1.807) is 0 Å². The van der Waals surface area contributed by atoms with Crippen LogP contribution in [0.1, 0.15) is 31.2 Å². The van der Waals surface area contributed by atoms with Crippen LogP contribution in [0.5, 0.6) is 0 Å². The van der Waals surface area contributed by atoms with Gasteiger partial charge in [-0.3, -0.25) is 9.59 Å². The molecule has 1 aromatic heterocycles. The largest absolute Gasteiger partial charge is 0.416 e. The maximum atomic E-state index is 12.4. The number of carbonyl (C=O) groups is 2. The number of hydrogen-bond donors (Lipinski definition) is 2. The van der Waals surface area contributed by atoms with Crippen molar-refractivity contribution in [3.8, 4) is 0 Å². The Labute approximate surface area is 140 Å². The maximum Gasteiger partial charge on any atom is 0.416 e. The lowest BCUT2D eigenvalue weighted by atomic mass is 10.1. The van der Waals surface area contributed by atoms with Gasteiger partial charge in [-0.25, -0.2) is 0 Å². The zero-order valence-corrected chi connectivity index (χ0v) is 13.6. The number of rotatable bonds is 5. The molecular weight excluding hydrogens is 341 g/mol. The Morgan fingerprint density at radius 3 is 2.08 bits per heavy atom. The first-order valence-electron chi connectivity index (χ1n) is 7.07. The van der Waals surface area contributed by atoms with E-state index in [2.05, 4.69) is 10.6 Å². The summed E-state index contributed by atoms with van der Waals surface area (Å²) >= 11 is 1.33. The number of hydrogen-bond acceptors (Lipinski definition) is 3. The third kappa shape index (κ3) is 4.58. The van der Waals surface area contributed by atoms with Crippen LogP contribution in [0.15, 0.2) is 35.7 Å². The van der Waals surface area contributed by atoms with Gasteiger partial charge in [0.15, 0.2) is 0 Å². The number of halogens is 3. The third-order valence-electron chi connectivity index (χ3n) is 3.24. The molecule has 4 nitrogen and oxygen atoms in total. The van der Waals surface area contributed by atoms with Gasteiger partial charge in [-0.05, 0) is 48.2 Å². The van der Waals surface area contributed by atoms with Crippen molar-refractivity contribution in [1.82, 2.24) is 10.6 Å². The smallest absolute Gasteiger partial charge is 0.350 e. The summed E-state index contributed by atoms with van der Waals surface area (Å²) in [6, 6.07) is 5.79. The summed E-state index contributed by atoms with van der Waals surface area (Å²) in [5.74, 6) is -0.712. The Hall–Kier alpha value is -2.35. The van der Waals surface area contributed by atoms with Gasteiger partial charge in [0, 0.05) is 18.7 Å². The lowest BCUT2D eigenvalue weighted by Crippen LogP contribution is -2.34. The molecule has 0 aliphatic carbocycles. The van der Waals surface area contributed by atoms with Gasteiger partial charge in [-0.2, -0.15) is 13.2 Å². The van der Waals surface area contributed by atoms with Crippen molar-refractivity contribution >= 4 is 23.2 Å². The number of nitrogens with one attached hydrogen (secondary N) is 2. The van der Waals surface area contributed by atoms with Gasteiger partial charge < -0.3 is 10.6 Å². The van der Waals surface area contributed by atoms with Crippen molar-refractivity contribution in [3.05, 3.63) is 57.3 Å². The van der Waals surface area contributed by atoms with Crippen LogP contribution in [0.2, 0.25) is 0 Å². The minimum Gasteiger partial charge on any atom is -0.350 e. The molecule has 0 spiro atoms. The lowest BCUT2D eigenvalue weighted by molar-refractivity contribution is -0.137. The molecule has 0 radical (unpaired) electrons. The van der Waals surface area contributed by atoms with Crippen molar-refractivity contribution in [2.24, 2.45) is 0 Å². The quantitative estimate of drug-likeness (QED) is 0.808. The predicted octanol–water partition coefficient (Wildman–Crippen LogP) is 3.24. The molecule has 0 aliphatic heterocycles. The van der Waals surface area contributed by atoms with E-state index in [-0.39, 0.29) is 24.6 Å². The first kappa shape index (κ1) is 18.0. The zero-order valence-electron chi connectivity index (χ0n) is 12.7. The molecule has 2 aromatic rings. The summed E-state index contributed by atoms with van der Waals surface area (Å²) in [5, 5.41) is 7.03. The monoisotopic (exact) mass is 356 g/mol. The number of aryl methyl sites for hydroxylation is 1. The third-order valence-corrected chi connectivity index (χ3v) is 4.25. The normalized spacial score (nSPS) is 11.2. The van der Waals surface area contributed by atoms with Crippen LogP contribution >= 0.6 is 11.3 Å². The fourth-order valence-corrected chi connectivity index (χ4v) is 2.79. The number of alkyl halides is 3. The van der Waals surface area contributed by atoms with Gasteiger partial charge in [-0.1, -0.05) is 0 Å². The van der Waals surface area contributed by atoms with Crippen molar-refractivity contribution in [3.63, 3.8) is 0 Å². The Bertz CT molecular complexity index is 724. The van der Waals surface area contributed by atoms with E-state index in [0.29, 0.717) is 4.88 Å². The first-order valence-corrected chi connectivity index (χ1v) is 7.95. The Morgan fingerprint density at radius 1 is 1.00 bits per heavy atom. The highest BCUT2D eigenvalue weighted by Gasteiger charge is 2.30. The van der Waals surface area contributed by atoms with Crippen LogP contribution in [-0.2, 0) is 6.18 Å². The molecule has 0 bridgehead atoms. The van der Waals surface area contributed by atoms with Crippen molar-refractivity contribution in [2.75, 3.05) is 13.1 Å². The van der Waals surface area contributed by atoms with Crippen LogP contribution in [0.4, 0.5) is 13.2 Å². The molecule has 0 aliphatic rings. The molecule has 1 heterocycles. The summed E-state index contributed by atoms with van der Waals surface area (Å²) < 4.78 is 37.3. The molecule has 0 fully saturated rings. The summed E-state index contributed by atoms with van der Waals surface area (Å²) in [6.07, 6.45) is -4.43. The van der Waals surface area contributed by atoms with E-state index in [1.807, 2.05) is 18.4 Å². The van der Waals surface area contributed by atoms with E-state index >= 15 is 0 Å². The number of amides is 2. The Morgan fingerprint density at radius 2 is 1.58 bits per heavy atom. The number of carbonyl (C=O) groups excluding carboxylic acids is 2. The van der Waals surface area contributed by atoms with Gasteiger partial charge in [0.25, 0.3) is 11.8 Å². The minimum absolute atomic E-state index is 0.128. The molecule has 0 atom stereocenters. The van der Waals surface area contributed by atoms with Crippen LogP contribution < -0.4 is 10.6 Å². The van der Waals surface area contributed by atoms with E-state index in [9.17, 15) is 22.8 Å². The molecule has 128 valence electrons. The topological polar surface area (TPSA) is 58.2 Å². The van der Waals surface area contributed by atoms with Gasteiger partial charge in [-0.15, -0.1) is 11.3 Å².